The number of fused-ring (bicyclic) bond motifs is 2. The summed E-state index contributed by atoms with van der Waals surface area (Å²) in [6.07, 6.45) is 0.700. The highest BCUT2D eigenvalue weighted by atomic mass is 32.2. The lowest BCUT2D eigenvalue weighted by Crippen LogP contribution is -2.14. The van der Waals surface area contributed by atoms with Gasteiger partial charge in [0.1, 0.15) is 5.82 Å². The van der Waals surface area contributed by atoms with Crippen LogP contribution < -0.4 is 5.32 Å². The van der Waals surface area contributed by atoms with Crippen LogP contribution in [0.1, 0.15) is 18.3 Å². The first-order chi connectivity index (χ1) is 16.2. The fourth-order valence-electron chi connectivity index (χ4n) is 4.09. The summed E-state index contributed by atoms with van der Waals surface area (Å²) in [7, 11) is 0. The number of benzene rings is 4. The van der Waals surface area contributed by atoms with Crippen LogP contribution in [-0.4, -0.2) is 26.4 Å². The standard InChI is InChI=1S/C27H24N4OS/c1-2-31-25(17-22-12-7-11-20-9-5-6-13-24(20)22)29-30-27(31)33-18-26(32)28-23-15-14-19-8-3-4-10-21(19)16-23/h3-16H,2,17-18H2,1H3,(H,28,32). The van der Waals surface area contributed by atoms with Crippen LogP contribution >= 0.6 is 11.8 Å². The SMILES string of the molecule is CCn1c(Cc2cccc3ccccc23)nnc1SCC(=O)Nc1ccc2ccccc2c1. The molecule has 0 aliphatic rings. The second kappa shape index (κ2) is 9.46. The summed E-state index contributed by atoms with van der Waals surface area (Å²) in [6, 6.07) is 28.8. The number of hydrogen-bond acceptors (Lipinski definition) is 4. The maximum atomic E-state index is 12.6. The summed E-state index contributed by atoms with van der Waals surface area (Å²) in [5.41, 5.74) is 2.02. The number of carbonyl (C=O) groups is 1. The van der Waals surface area contributed by atoms with E-state index in [0.29, 0.717) is 6.42 Å². The topological polar surface area (TPSA) is 59.8 Å². The van der Waals surface area contributed by atoms with Crippen molar-refractivity contribution < 1.29 is 4.79 Å². The number of amides is 1. The molecule has 4 aromatic carbocycles. The van der Waals surface area contributed by atoms with Gasteiger partial charge < -0.3 is 9.88 Å². The molecule has 164 valence electrons. The smallest absolute Gasteiger partial charge is 0.234 e. The molecule has 0 atom stereocenters. The van der Waals surface area contributed by atoms with E-state index in [1.807, 2.05) is 36.4 Å². The first kappa shape index (κ1) is 21.2. The van der Waals surface area contributed by atoms with Crippen LogP contribution in [-0.2, 0) is 17.8 Å². The number of nitrogens with one attached hydrogen (secondary N) is 1. The zero-order chi connectivity index (χ0) is 22.6. The van der Waals surface area contributed by atoms with Gasteiger partial charge in [-0.3, -0.25) is 4.79 Å². The Kier molecular flexibility index (Phi) is 6.09. The summed E-state index contributed by atoms with van der Waals surface area (Å²) >= 11 is 1.41. The van der Waals surface area contributed by atoms with Gasteiger partial charge in [-0.05, 0) is 46.2 Å². The van der Waals surface area contributed by atoms with Gasteiger partial charge in [-0.15, -0.1) is 10.2 Å². The monoisotopic (exact) mass is 452 g/mol. The molecular weight excluding hydrogens is 428 g/mol. The van der Waals surface area contributed by atoms with E-state index in [9.17, 15) is 4.79 Å². The van der Waals surface area contributed by atoms with Crippen molar-refractivity contribution in [1.29, 1.82) is 0 Å². The second-order valence-electron chi connectivity index (χ2n) is 7.86. The molecule has 1 aromatic heterocycles. The molecule has 6 heteroatoms. The van der Waals surface area contributed by atoms with Crippen molar-refractivity contribution in [2.24, 2.45) is 0 Å². The third-order valence-electron chi connectivity index (χ3n) is 5.70. The molecule has 0 saturated heterocycles. The van der Waals surface area contributed by atoms with Gasteiger partial charge in [0.15, 0.2) is 5.16 Å². The van der Waals surface area contributed by atoms with E-state index < -0.39 is 0 Å². The minimum absolute atomic E-state index is 0.0588. The van der Waals surface area contributed by atoms with Crippen LogP contribution in [0.15, 0.2) is 90.1 Å². The van der Waals surface area contributed by atoms with Gasteiger partial charge in [-0.2, -0.15) is 0 Å². The molecule has 0 spiro atoms. The number of aromatic nitrogens is 3. The van der Waals surface area contributed by atoms with Crippen LogP contribution in [0.25, 0.3) is 21.5 Å². The Labute approximate surface area is 196 Å². The van der Waals surface area contributed by atoms with E-state index in [0.717, 1.165) is 34.0 Å². The van der Waals surface area contributed by atoms with Gasteiger partial charge in [0.25, 0.3) is 0 Å². The van der Waals surface area contributed by atoms with Gasteiger partial charge in [0.05, 0.1) is 5.75 Å². The van der Waals surface area contributed by atoms with Crippen LogP contribution in [0.4, 0.5) is 5.69 Å². The Hall–Kier alpha value is -3.64. The average Bonchev–Trinajstić information content (AvgIpc) is 3.24. The van der Waals surface area contributed by atoms with Crippen molar-refractivity contribution >= 4 is 44.9 Å². The molecule has 0 unspecified atom stereocenters. The number of carbonyl (C=O) groups excluding carboxylic acids is 1. The summed E-state index contributed by atoms with van der Waals surface area (Å²) in [6.45, 7) is 2.83. The number of anilines is 1. The lowest BCUT2D eigenvalue weighted by Gasteiger charge is -2.10. The number of nitrogens with zero attached hydrogens (tertiary/aromatic N) is 3. The maximum Gasteiger partial charge on any atom is 0.234 e. The minimum Gasteiger partial charge on any atom is -0.325 e. The molecule has 0 bridgehead atoms. The van der Waals surface area contributed by atoms with Gasteiger partial charge in [0.2, 0.25) is 5.91 Å². The molecule has 1 amide bonds. The molecule has 0 fully saturated rings. The van der Waals surface area contributed by atoms with Crippen molar-refractivity contribution in [3.05, 3.63) is 96.3 Å². The van der Waals surface area contributed by atoms with E-state index in [-0.39, 0.29) is 11.7 Å². The predicted molar refractivity (Wildman–Crippen MR) is 136 cm³/mol. The normalized spacial score (nSPS) is 11.2. The zero-order valence-corrected chi connectivity index (χ0v) is 19.2. The predicted octanol–water partition coefficient (Wildman–Crippen LogP) is 5.93. The van der Waals surface area contributed by atoms with Crippen LogP contribution in [0.5, 0.6) is 0 Å². The summed E-state index contributed by atoms with van der Waals surface area (Å²) in [5.74, 6) is 1.13. The molecule has 0 aliphatic heterocycles. The number of rotatable bonds is 7. The molecular formula is C27H24N4OS. The number of thioether (sulfide) groups is 1. The first-order valence-corrected chi connectivity index (χ1v) is 12.0. The van der Waals surface area contributed by atoms with Crippen molar-refractivity contribution in [3.8, 4) is 0 Å². The van der Waals surface area contributed by atoms with Gasteiger partial charge in [-0.1, -0.05) is 84.6 Å². The van der Waals surface area contributed by atoms with Crippen molar-refractivity contribution in [1.82, 2.24) is 14.8 Å². The van der Waals surface area contributed by atoms with E-state index in [1.165, 1.54) is 28.1 Å². The van der Waals surface area contributed by atoms with E-state index in [1.54, 1.807) is 0 Å². The van der Waals surface area contributed by atoms with E-state index >= 15 is 0 Å². The van der Waals surface area contributed by atoms with Crippen molar-refractivity contribution in [2.45, 2.75) is 25.0 Å². The molecule has 5 rings (SSSR count). The quantitative estimate of drug-likeness (QED) is 0.311. The fourth-order valence-corrected chi connectivity index (χ4v) is 4.91. The van der Waals surface area contributed by atoms with Gasteiger partial charge in [0, 0.05) is 18.7 Å². The maximum absolute atomic E-state index is 12.6. The average molecular weight is 453 g/mol. The number of hydrogen-bond donors (Lipinski definition) is 1. The lowest BCUT2D eigenvalue weighted by atomic mass is 10.0. The zero-order valence-electron chi connectivity index (χ0n) is 18.4. The summed E-state index contributed by atoms with van der Waals surface area (Å²) < 4.78 is 2.09. The van der Waals surface area contributed by atoms with Crippen LogP contribution in [0.3, 0.4) is 0 Å². The van der Waals surface area contributed by atoms with Crippen LogP contribution in [0.2, 0.25) is 0 Å². The van der Waals surface area contributed by atoms with Crippen molar-refractivity contribution in [3.63, 3.8) is 0 Å². The Balaban J connectivity index is 1.27. The molecule has 0 aliphatic carbocycles. The van der Waals surface area contributed by atoms with Crippen molar-refractivity contribution in [2.75, 3.05) is 11.1 Å². The van der Waals surface area contributed by atoms with E-state index in [2.05, 4.69) is 75.5 Å². The van der Waals surface area contributed by atoms with Gasteiger partial charge >= 0.3 is 0 Å². The lowest BCUT2D eigenvalue weighted by molar-refractivity contribution is -0.113. The summed E-state index contributed by atoms with van der Waals surface area (Å²) in [5, 5.41) is 17.3. The summed E-state index contributed by atoms with van der Waals surface area (Å²) in [4.78, 5) is 12.6. The molecule has 33 heavy (non-hydrogen) atoms. The third-order valence-corrected chi connectivity index (χ3v) is 6.67. The van der Waals surface area contributed by atoms with E-state index in [4.69, 9.17) is 0 Å². The molecule has 5 nitrogen and oxygen atoms in total. The third kappa shape index (κ3) is 4.61. The first-order valence-electron chi connectivity index (χ1n) is 11.0. The molecule has 0 radical (unpaired) electrons. The second-order valence-corrected chi connectivity index (χ2v) is 8.80. The Morgan fingerprint density at radius 3 is 2.48 bits per heavy atom. The fraction of sp³-hybridized carbons (Fsp3) is 0.148. The molecule has 0 saturated carbocycles. The largest absolute Gasteiger partial charge is 0.325 e. The Bertz CT molecular complexity index is 1440. The Morgan fingerprint density at radius 2 is 1.64 bits per heavy atom. The highest BCUT2D eigenvalue weighted by Gasteiger charge is 2.15. The highest BCUT2D eigenvalue weighted by molar-refractivity contribution is 7.99. The minimum atomic E-state index is -0.0588. The van der Waals surface area contributed by atoms with Gasteiger partial charge in [-0.25, -0.2) is 0 Å². The highest BCUT2D eigenvalue weighted by Crippen LogP contribution is 2.24. The van der Waals surface area contributed by atoms with Crippen LogP contribution in [0, 0.1) is 0 Å². The molecule has 1 heterocycles. The Morgan fingerprint density at radius 1 is 0.879 bits per heavy atom. The molecule has 1 N–H and O–H groups in total. The molecule has 5 aromatic rings.